The van der Waals surface area contributed by atoms with Gasteiger partial charge in [0.05, 0.1) is 28.5 Å². The van der Waals surface area contributed by atoms with Crippen LogP contribution in [0, 0.1) is 11.3 Å². The summed E-state index contributed by atoms with van der Waals surface area (Å²) in [4.78, 5) is 0. The topological polar surface area (TPSA) is 36.9 Å². The van der Waals surface area contributed by atoms with Gasteiger partial charge in [-0.15, -0.1) is 0 Å². The minimum atomic E-state index is 0.496. The molecule has 0 bridgehead atoms. The number of nitrogens with zero attached hydrogens (tertiary/aromatic N) is 1. The minimum Gasteiger partial charge on any atom is -0.464 e. The monoisotopic (exact) mass is 281 g/mol. The molecule has 0 amide bonds. The molecule has 1 heterocycles. The molecule has 0 spiro atoms. The highest BCUT2D eigenvalue weighted by Gasteiger charge is 2.12. The highest BCUT2D eigenvalue weighted by atomic mass is 79.9. The van der Waals surface area contributed by atoms with Gasteiger partial charge in [0.1, 0.15) is 5.76 Å². The third-order valence-electron chi connectivity index (χ3n) is 1.94. The van der Waals surface area contributed by atoms with Crippen molar-refractivity contribution < 1.29 is 4.42 Å². The Morgan fingerprint density at radius 1 is 1.40 bits per heavy atom. The summed E-state index contributed by atoms with van der Waals surface area (Å²) in [5.74, 6) is 0.677. The first-order valence-electron chi connectivity index (χ1n) is 4.15. The van der Waals surface area contributed by atoms with Gasteiger partial charge < -0.3 is 4.42 Å². The van der Waals surface area contributed by atoms with Crippen molar-refractivity contribution in [3.8, 4) is 17.4 Å². The van der Waals surface area contributed by atoms with E-state index in [0.29, 0.717) is 16.3 Å². The first kappa shape index (κ1) is 10.3. The summed E-state index contributed by atoms with van der Waals surface area (Å²) < 4.78 is 6.01. The Balaban J connectivity index is 2.64. The number of hydrogen-bond donors (Lipinski definition) is 0. The molecule has 2 rings (SSSR count). The fraction of sp³-hybridized carbons (Fsp3) is 0. The predicted octanol–water partition coefficient (Wildman–Crippen LogP) is 4.23. The lowest BCUT2D eigenvalue weighted by molar-refractivity contribution is 0.582. The molecule has 15 heavy (non-hydrogen) atoms. The van der Waals surface area contributed by atoms with E-state index < -0.39 is 0 Å². The highest BCUT2D eigenvalue weighted by Crippen LogP contribution is 2.36. The molecule has 0 radical (unpaired) electrons. The van der Waals surface area contributed by atoms with E-state index in [1.165, 1.54) is 0 Å². The zero-order valence-electron chi connectivity index (χ0n) is 7.50. The zero-order valence-corrected chi connectivity index (χ0v) is 9.84. The van der Waals surface area contributed by atoms with E-state index >= 15 is 0 Å². The van der Waals surface area contributed by atoms with Gasteiger partial charge in [0.25, 0.3) is 0 Å². The van der Waals surface area contributed by atoms with Crippen LogP contribution in [-0.2, 0) is 0 Å². The second kappa shape index (κ2) is 4.09. The largest absolute Gasteiger partial charge is 0.464 e. The van der Waals surface area contributed by atoms with Gasteiger partial charge in [0, 0.05) is 4.47 Å². The normalized spacial score (nSPS) is 9.93. The molecule has 0 aliphatic carbocycles. The summed E-state index contributed by atoms with van der Waals surface area (Å²) >= 11 is 9.43. The molecule has 1 aromatic carbocycles. The molecular weight excluding hydrogens is 277 g/mol. The van der Waals surface area contributed by atoms with Gasteiger partial charge in [-0.25, -0.2) is 0 Å². The van der Waals surface area contributed by atoms with Gasteiger partial charge in [0.2, 0.25) is 0 Å². The average molecular weight is 283 g/mol. The molecule has 0 N–H and O–H groups in total. The van der Waals surface area contributed by atoms with Crippen molar-refractivity contribution >= 4 is 27.5 Å². The van der Waals surface area contributed by atoms with E-state index in [1.54, 1.807) is 24.5 Å². The van der Waals surface area contributed by atoms with Crippen LogP contribution < -0.4 is 0 Å². The Morgan fingerprint density at radius 2 is 2.20 bits per heavy atom. The summed E-state index contributed by atoms with van der Waals surface area (Å²) in [5.41, 5.74) is 1.28. The number of nitriles is 1. The lowest BCUT2D eigenvalue weighted by Gasteiger charge is -2.04. The van der Waals surface area contributed by atoms with E-state index in [1.807, 2.05) is 12.1 Å². The molecule has 2 aromatic rings. The van der Waals surface area contributed by atoms with Crippen LogP contribution in [0.25, 0.3) is 11.3 Å². The maximum Gasteiger partial charge on any atom is 0.136 e. The number of halogens is 2. The predicted molar refractivity (Wildman–Crippen MR) is 61.6 cm³/mol. The van der Waals surface area contributed by atoms with E-state index in [-0.39, 0.29) is 0 Å². The van der Waals surface area contributed by atoms with Crippen molar-refractivity contribution in [3.05, 3.63) is 45.6 Å². The summed E-state index contributed by atoms with van der Waals surface area (Å²) in [6, 6.07) is 8.97. The molecule has 0 aliphatic rings. The number of benzene rings is 1. The summed E-state index contributed by atoms with van der Waals surface area (Å²) in [6.45, 7) is 0. The molecule has 0 saturated heterocycles. The van der Waals surface area contributed by atoms with Crippen molar-refractivity contribution in [1.82, 2.24) is 0 Å². The standard InChI is InChI=1S/C11H5BrClNO/c12-8-4-7(6-14)5-9(13)11(8)10-2-1-3-15-10/h1-5H. The van der Waals surface area contributed by atoms with Gasteiger partial charge in [-0.05, 0) is 40.2 Å². The van der Waals surface area contributed by atoms with Gasteiger partial charge in [0.15, 0.2) is 0 Å². The van der Waals surface area contributed by atoms with E-state index in [9.17, 15) is 0 Å². The molecular formula is C11H5BrClNO. The Labute approximate surface area is 100 Å². The maximum absolute atomic E-state index is 8.76. The lowest BCUT2D eigenvalue weighted by atomic mass is 10.1. The van der Waals surface area contributed by atoms with Crippen LogP contribution in [0.5, 0.6) is 0 Å². The van der Waals surface area contributed by atoms with Crippen molar-refractivity contribution in [2.45, 2.75) is 0 Å². The Kier molecular flexibility index (Phi) is 2.81. The first-order chi connectivity index (χ1) is 7.22. The number of hydrogen-bond acceptors (Lipinski definition) is 2. The van der Waals surface area contributed by atoms with Gasteiger partial charge in [-0.3, -0.25) is 0 Å². The molecule has 2 nitrogen and oxygen atoms in total. The minimum absolute atomic E-state index is 0.496. The van der Waals surface area contributed by atoms with Crippen LogP contribution in [0.4, 0.5) is 0 Å². The van der Waals surface area contributed by atoms with Gasteiger partial charge >= 0.3 is 0 Å². The molecule has 0 aliphatic heterocycles. The highest BCUT2D eigenvalue weighted by molar-refractivity contribution is 9.10. The van der Waals surface area contributed by atoms with Gasteiger partial charge in [-0.1, -0.05) is 11.6 Å². The molecule has 0 atom stereocenters. The molecule has 1 aromatic heterocycles. The summed E-state index contributed by atoms with van der Waals surface area (Å²) in [7, 11) is 0. The zero-order chi connectivity index (χ0) is 10.8. The van der Waals surface area contributed by atoms with Crippen molar-refractivity contribution in [3.63, 3.8) is 0 Å². The molecule has 0 saturated carbocycles. The second-order valence-electron chi connectivity index (χ2n) is 2.90. The van der Waals surface area contributed by atoms with Crippen molar-refractivity contribution in [2.24, 2.45) is 0 Å². The van der Waals surface area contributed by atoms with E-state index in [4.69, 9.17) is 21.3 Å². The first-order valence-corrected chi connectivity index (χ1v) is 5.32. The lowest BCUT2D eigenvalue weighted by Crippen LogP contribution is -1.82. The van der Waals surface area contributed by atoms with Crippen LogP contribution in [0.3, 0.4) is 0 Å². The van der Waals surface area contributed by atoms with Crippen LogP contribution >= 0.6 is 27.5 Å². The SMILES string of the molecule is N#Cc1cc(Cl)c(-c2ccco2)c(Br)c1. The maximum atomic E-state index is 8.76. The Hall–Kier alpha value is -1.24. The van der Waals surface area contributed by atoms with E-state index in [0.717, 1.165) is 10.0 Å². The number of furan rings is 1. The molecule has 4 heteroatoms. The van der Waals surface area contributed by atoms with Gasteiger partial charge in [-0.2, -0.15) is 5.26 Å². The molecule has 0 fully saturated rings. The quantitative estimate of drug-likeness (QED) is 0.784. The second-order valence-corrected chi connectivity index (χ2v) is 4.17. The van der Waals surface area contributed by atoms with Crippen LogP contribution in [0.2, 0.25) is 5.02 Å². The fourth-order valence-corrected chi connectivity index (χ4v) is 2.38. The van der Waals surface area contributed by atoms with Crippen molar-refractivity contribution in [1.29, 1.82) is 5.26 Å². The van der Waals surface area contributed by atoms with Crippen LogP contribution in [-0.4, -0.2) is 0 Å². The number of rotatable bonds is 1. The molecule has 0 unspecified atom stereocenters. The average Bonchev–Trinajstić information content (AvgIpc) is 2.69. The summed E-state index contributed by atoms with van der Waals surface area (Å²) in [5, 5.41) is 9.25. The third-order valence-corrected chi connectivity index (χ3v) is 2.86. The van der Waals surface area contributed by atoms with Crippen molar-refractivity contribution in [2.75, 3.05) is 0 Å². The Bertz CT molecular complexity index is 505. The summed E-state index contributed by atoms with van der Waals surface area (Å²) in [6.07, 6.45) is 1.58. The molecule has 74 valence electrons. The fourth-order valence-electron chi connectivity index (χ4n) is 1.29. The van der Waals surface area contributed by atoms with Crippen LogP contribution in [0.1, 0.15) is 5.56 Å². The Morgan fingerprint density at radius 3 is 2.73 bits per heavy atom. The van der Waals surface area contributed by atoms with E-state index in [2.05, 4.69) is 15.9 Å². The smallest absolute Gasteiger partial charge is 0.136 e. The third kappa shape index (κ3) is 1.92. The van der Waals surface area contributed by atoms with Crippen LogP contribution in [0.15, 0.2) is 39.4 Å².